The molecule has 3 heteroatoms. The van der Waals surface area contributed by atoms with E-state index >= 15 is 0 Å². The second kappa shape index (κ2) is 5.34. The molecule has 2 nitrogen and oxygen atoms in total. The molecule has 0 aromatic carbocycles. The van der Waals surface area contributed by atoms with Gasteiger partial charge in [0.1, 0.15) is 0 Å². The minimum absolute atomic E-state index is 0.110. The smallest absolute Gasteiger partial charge is 0.192 e. The van der Waals surface area contributed by atoms with Crippen molar-refractivity contribution in [2.75, 3.05) is 0 Å². The summed E-state index contributed by atoms with van der Waals surface area (Å²) in [7, 11) is -1.77. The summed E-state index contributed by atoms with van der Waals surface area (Å²) in [6.45, 7) is 18.0. The molecule has 0 amide bonds. The summed E-state index contributed by atoms with van der Waals surface area (Å²) in [5.41, 5.74) is 0.978. The molecule has 3 atom stereocenters. The van der Waals surface area contributed by atoms with Gasteiger partial charge < -0.3 is 4.43 Å². The number of carbonyl (C=O) groups excluding carboxylic acids is 1. The molecule has 0 aromatic rings. The Morgan fingerprint density at radius 3 is 2.48 bits per heavy atom. The Morgan fingerprint density at radius 1 is 1.29 bits per heavy atom. The van der Waals surface area contributed by atoms with E-state index in [9.17, 15) is 4.79 Å². The highest BCUT2D eigenvalue weighted by Crippen LogP contribution is 2.53. The fraction of sp³-hybridized carbons (Fsp3) is 0.833. The van der Waals surface area contributed by atoms with Crippen LogP contribution in [-0.2, 0) is 9.22 Å². The number of carbonyl (C=O) groups is 1. The van der Waals surface area contributed by atoms with Gasteiger partial charge in [0.25, 0.3) is 0 Å². The Morgan fingerprint density at radius 2 is 1.90 bits per heavy atom. The van der Waals surface area contributed by atoms with Gasteiger partial charge in [-0.3, -0.25) is 4.79 Å². The number of ketones is 1. The molecule has 21 heavy (non-hydrogen) atoms. The van der Waals surface area contributed by atoms with E-state index in [4.69, 9.17) is 4.43 Å². The molecule has 0 spiro atoms. The lowest BCUT2D eigenvalue weighted by molar-refractivity contribution is -0.123. The zero-order chi connectivity index (χ0) is 16.1. The van der Waals surface area contributed by atoms with E-state index in [1.54, 1.807) is 0 Å². The number of allylic oxidation sites excluding steroid dienone is 1. The highest BCUT2D eigenvalue weighted by molar-refractivity contribution is 6.74. The monoisotopic (exact) mass is 308 g/mol. The van der Waals surface area contributed by atoms with Crippen LogP contribution in [0.25, 0.3) is 0 Å². The molecule has 2 fully saturated rings. The Balaban J connectivity index is 2.25. The van der Waals surface area contributed by atoms with Gasteiger partial charge in [0.2, 0.25) is 0 Å². The zero-order valence-electron chi connectivity index (χ0n) is 14.7. The number of fused-ring (bicyclic) bond motifs is 1. The topological polar surface area (TPSA) is 26.3 Å². The predicted octanol–water partition coefficient (Wildman–Crippen LogP) is 5.10. The molecule has 2 aliphatic carbocycles. The Kier molecular flexibility index (Phi) is 4.31. The van der Waals surface area contributed by atoms with Crippen LogP contribution >= 0.6 is 0 Å². The van der Waals surface area contributed by atoms with E-state index in [1.807, 2.05) is 0 Å². The van der Waals surface area contributed by atoms with Crippen molar-refractivity contribution in [3.05, 3.63) is 12.2 Å². The van der Waals surface area contributed by atoms with Crippen LogP contribution in [0, 0.1) is 11.3 Å². The van der Waals surface area contributed by atoms with E-state index in [2.05, 4.69) is 47.4 Å². The summed E-state index contributed by atoms with van der Waals surface area (Å²) < 4.78 is 6.79. The lowest BCUT2D eigenvalue weighted by atomic mass is 9.57. The lowest BCUT2D eigenvalue weighted by Crippen LogP contribution is -2.54. The van der Waals surface area contributed by atoms with Gasteiger partial charge in [-0.25, -0.2) is 0 Å². The Bertz CT molecular complexity index is 447. The first-order chi connectivity index (χ1) is 9.49. The predicted molar refractivity (Wildman–Crippen MR) is 90.9 cm³/mol. The molecular weight excluding hydrogens is 276 g/mol. The van der Waals surface area contributed by atoms with Gasteiger partial charge in [0.05, 0.1) is 6.10 Å². The van der Waals surface area contributed by atoms with Crippen LogP contribution < -0.4 is 0 Å². The van der Waals surface area contributed by atoms with Crippen LogP contribution in [0.4, 0.5) is 0 Å². The summed E-state index contributed by atoms with van der Waals surface area (Å²) >= 11 is 0. The fourth-order valence-electron chi connectivity index (χ4n) is 3.76. The second-order valence-corrected chi connectivity index (χ2v) is 13.6. The number of hydrogen-bond donors (Lipinski definition) is 0. The van der Waals surface area contributed by atoms with Crippen LogP contribution in [-0.4, -0.2) is 20.2 Å². The molecule has 0 heterocycles. The van der Waals surface area contributed by atoms with Crippen molar-refractivity contribution in [1.29, 1.82) is 0 Å². The van der Waals surface area contributed by atoms with Gasteiger partial charge in [0, 0.05) is 6.42 Å². The average Bonchev–Trinajstić information content (AvgIpc) is 2.35. The van der Waals surface area contributed by atoms with Crippen LogP contribution in [0.1, 0.15) is 59.8 Å². The summed E-state index contributed by atoms with van der Waals surface area (Å²) in [6, 6.07) is 0. The molecule has 120 valence electrons. The minimum Gasteiger partial charge on any atom is -0.413 e. The van der Waals surface area contributed by atoms with Gasteiger partial charge in [-0.05, 0) is 54.3 Å². The third-order valence-electron chi connectivity index (χ3n) is 6.40. The molecule has 0 saturated heterocycles. The lowest BCUT2D eigenvalue weighted by Gasteiger charge is -2.53. The maximum atomic E-state index is 12.0. The van der Waals surface area contributed by atoms with Crippen LogP contribution in [0.15, 0.2) is 12.2 Å². The van der Waals surface area contributed by atoms with Crippen molar-refractivity contribution in [3.8, 4) is 0 Å². The van der Waals surface area contributed by atoms with Crippen LogP contribution in [0.2, 0.25) is 18.1 Å². The summed E-state index contributed by atoms with van der Waals surface area (Å²) in [5, 5.41) is 0.234. The van der Waals surface area contributed by atoms with Gasteiger partial charge in [-0.1, -0.05) is 40.7 Å². The molecule has 1 unspecified atom stereocenters. The summed E-state index contributed by atoms with van der Waals surface area (Å²) in [5.74, 6) is 0.618. The first-order valence-electron chi connectivity index (χ1n) is 8.39. The third kappa shape index (κ3) is 2.92. The average molecular weight is 309 g/mol. The molecule has 0 N–H and O–H groups in total. The zero-order valence-corrected chi connectivity index (χ0v) is 15.7. The van der Waals surface area contributed by atoms with Crippen molar-refractivity contribution in [1.82, 2.24) is 0 Å². The molecule has 0 radical (unpaired) electrons. The van der Waals surface area contributed by atoms with Crippen LogP contribution in [0.5, 0.6) is 0 Å². The SMILES string of the molecule is C=C1C(=O)CC[C@@]2(C)C1CCC[C@@H]2O[Si](C)(C)C(C)(C)C. The third-order valence-corrected chi connectivity index (χ3v) is 10.9. The van der Waals surface area contributed by atoms with Gasteiger partial charge in [-0.2, -0.15) is 0 Å². The molecule has 2 rings (SSSR count). The van der Waals surface area contributed by atoms with E-state index in [1.165, 1.54) is 0 Å². The quantitative estimate of drug-likeness (QED) is 0.524. The number of hydrogen-bond acceptors (Lipinski definition) is 2. The first-order valence-corrected chi connectivity index (χ1v) is 11.3. The number of rotatable bonds is 2. The second-order valence-electron chi connectivity index (χ2n) is 8.80. The summed E-state index contributed by atoms with van der Waals surface area (Å²) in [6.07, 6.45) is 5.32. The first kappa shape index (κ1) is 16.9. The van der Waals surface area contributed by atoms with Crippen molar-refractivity contribution in [3.63, 3.8) is 0 Å². The van der Waals surface area contributed by atoms with Gasteiger partial charge in [-0.15, -0.1) is 0 Å². The number of Topliss-reactive ketones (excluding diaryl/α,β-unsaturated/α-hetero) is 1. The maximum absolute atomic E-state index is 12.0. The molecule has 0 aromatic heterocycles. The van der Waals surface area contributed by atoms with Crippen molar-refractivity contribution in [2.45, 2.75) is 84.0 Å². The molecular formula is C18H32O2Si. The Labute approximate surface area is 131 Å². The largest absolute Gasteiger partial charge is 0.413 e. The highest BCUT2D eigenvalue weighted by Gasteiger charge is 2.52. The molecule has 2 saturated carbocycles. The van der Waals surface area contributed by atoms with E-state index in [-0.39, 0.29) is 16.2 Å². The molecule has 0 aliphatic heterocycles. The maximum Gasteiger partial charge on any atom is 0.192 e. The van der Waals surface area contributed by atoms with Crippen molar-refractivity contribution < 1.29 is 9.22 Å². The van der Waals surface area contributed by atoms with Gasteiger partial charge in [0.15, 0.2) is 14.1 Å². The Hall–Kier alpha value is -0.413. The standard InChI is InChI=1S/C18H32O2Si/c1-13-14-9-8-10-16(18(14,5)12-11-15(13)19)20-21(6,7)17(2,3)4/h14,16H,1,8-12H2,2-7H3/t14?,16-,18-/m0/s1. The van der Waals surface area contributed by atoms with E-state index in [0.717, 1.165) is 31.3 Å². The molecule has 0 bridgehead atoms. The van der Waals surface area contributed by atoms with Crippen LogP contribution in [0.3, 0.4) is 0 Å². The van der Waals surface area contributed by atoms with Crippen molar-refractivity contribution >= 4 is 14.1 Å². The normalized spacial score (nSPS) is 34.8. The van der Waals surface area contributed by atoms with E-state index in [0.29, 0.717) is 18.4 Å². The molecule has 2 aliphatic rings. The minimum atomic E-state index is -1.77. The fourth-order valence-corrected chi connectivity index (χ4v) is 5.21. The summed E-state index contributed by atoms with van der Waals surface area (Å²) in [4.78, 5) is 12.0. The van der Waals surface area contributed by atoms with Gasteiger partial charge >= 0.3 is 0 Å². The van der Waals surface area contributed by atoms with Crippen molar-refractivity contribution in [2.24, 2.45) is 11.3 Å². The van der Waals surface area contributed by atoms with E-state index < -0.39 is 8.32 Å². The highest BCUT2D eigenvalue weighted by atomic mass is 28.4.